The zero-order valence-corrected chi connectivity index (χ0v) is 10.3. The Balaban J connectivity index is 2.19. The number of ketones is 1. The highest BCUT2D eigenvalue weighted by molar-refractivity contribution is 5.97. The Morgan fingerprint density at radius 2 is 1.89 bits per heavy atom. The Bertz CT molecular complexity index is 561. The molecular weight excluding hydrogens is 227 g/mol. The van der Waals surface area contributed by atoms with Crippen molar-refractivity contribution in [1.29, 1.82) is 0 Å². The first-order chi connectivity index (χ1) is 8.70. The zero-order valence-electron chi connectivity index (χ0n) is 10.3. The molecule has 0 aromatic heterocycles. The molecule has 18 heavy (non-hydrogen) atoms. The first kappa shape index (κ1) is 12.5. The van der Waals surface area contributed by atoms with Gasteiger partial charge < -0.3 is 0 Å². The van der Waals surface area contributed by atoms with Crippen LogP contribution in [0.1, 0.15) is 28.4 Å². The first-order valence-corrected chi connectivity index (χ1v) is 6.06. The summed E-state index contributed by atoms with van der Waals surface area (Å²) in [7, 11) is 0. The van der Waals surface area contributed by atoms with E-state index in [1.807, 2.05) is 25.1 Å². The van der Waals surface area contributed by atoms with E-state index in [9.17, 15) is 9.18 Å². The molecule has 0 N–H and O–H groups in total. The Kier molecular flexibility index (Phi) is 3.88. The average Bonchev–Trinajstić information content (AvgIpc) is 2.41. The molecule has 0 spiro atoms. The highest BCUT2D eigenvalue weighted by Crippen LogP contribution is 2.12. The van der Waals surface area contributed by atoms with Crippen molar-refractivity contribution in [3.63, 3.8) is 0 Å². The van der Waals surface area contributed by atoms with E-state index in [1.54, 1.807) is 24.3 Å². The van der Waals surface area contributed by atoms with Crippen molar-refractivity contribution < 1.29 is 9.18 Å². The van der Waals surface area contributed by atoms with E-state index in [-0.39, 0.29) is 18.0 Å². The van der Waals surface area contributed by atoms with Crippen molar-refractivity contribution in [2.75, 3.05) is 0 Å². The summed E-state index contributed by atoms with van der Waals surface area (Å²) < 4.78 is 13.5. The fourth-order valence-corrected chi connectivity index (χ4v) is 1.88. The lowest BCUT2D eigenvalue weighted by Gasteiger charge is -2.04. The summed E-state index contributed by atoms with van der Waals surface area (Å²) in [4.78, 5) is 12.1. The number of carbonyl (C=O) groups is 1. The van der Waals surface area contributed by atoms with Crippen LogP contribution in [0.4, 0.5) is 4.39 Å². The summed E-state index contributed by atoms with van der Waals surface area (Å²) in [6.45, 7) is 2.04. The van der Waals surface area contributed by atoms with Crippen LogP contribution in [0, 0.1) is 5.82 Å². The van der Waals surface area contributed by atoms with Crippen LogP contribution in [0.2, 0.25) is 0 Å². The molecule has 0 atom stereocenters. The van der Waals surface area contributed by atoms with Crippen LogP contribution >= 0.6 is 0 Å². The largest absolute Gasteiger partial charge is 0.294 e. The van der Waals surface area contributed by atoms with E-state index in [0.29, 0.717) is 11.1 Å². The molecule has 0 amide bonds. The van der Waals surface area contributed by atoms with Gasteiger partial charge in [0.05, 0.1) is 0 Å². The van der Waals surface area contributed by atoms with Gasteiger partial charge in [-0.3, -0.25) is 4.79 Å². The van der Waals surface area contributed by atoms with Gasteiger partial charge in [-0.2, -0.15) is 0 Å². The normalized spacial score (nSPS) is 10.3. The quantitative estimate of drug-likeness (QED) is 0.745. The molecule has 2 heteroatoms. The minimum absolute atomic E-state index is 0.0459. The van der Waals surface area contributed by atoms with Crippen LogP contribution in [0.15, 0.2) is 48.5 Å². The molecule has 0 fully saturated rings. The van der Waals surface area contributed by atoms with Crippen LogP contribution in [-0.4, -0.2) is 5.78 Å². The van der Waals surface area contributed by atoms with Crippen LogP contribution in [0.3, 0.4) is 0 Å². The van der Waals surface area contributed by atoms with E-state index in [2.05, 4.69) is 0 Å². The Morgan fingerprint density at radius 1 is 1.11 bits per heavy atom. The summed E-state index contributed by atoms with van der Waals surface area (Å²) in [6.07, 6.45) is 1.00. The molecule has 0 aliphatic carbocycles. The van der Waals surface area contributed by atoms with Gasteiger partial charge in [0.1, 0.15) is 5.82 Å². The molecule has 2 rings (SSSR count). The Morgan fingerprint density at radius 3 is 2.61 bits per heavy atom. The fraction of sp³-hybridized carbons (Fsp3) is 0.188. The molecule has 0 unspecified atom stereocenters. The van der Waals surface area contributed by atoms with Gasteiger partial charge in [-0.05, 0) is 29.7 Å². The molecule has 0 aliphatic rings. The van der Waals surface area contributed by atoms with E-state index >= 15 is 0 Å². The summed E-state index contributed by atoms with van der Waals surface area (Å²) in [5, 5.41) is 0. The van der Waals surface area contributed by atoms with Crippen molar-refractivity contribution in [2.24, 2.45) is 0 Å². The molecule has 0 aliphatic heterocycles. The van der Waals surface area contributed by atoms with E-state index in [0.717, 1.165) is 12.0 Å². The van der Waals surface area contributed by atoms with Gasteiger partial charge in [-0.15, -0.1) is 0 Å². The molecule has 0 saturated carbocycles. The monoisotopic (exact) mass is 242 g/mol. The number of Topliss-reactive ketones (excluding diaryl/α,β-unsaturated/α-hetero) is 1. The lowest BCUT2D eigenvalue weighted by molar-refractivity contribution is 0.0991. The molecule has 0 bridgehead atoms. The standard InChI is InChI=1S/C16H15FO/c1-2-12-6-5-8-14(10-12)16(18)11-13-7-3-4-9-15(13)17/h3-10H,2,11H2,1H3. The van der Waals surface area contributed by atoms with E-state index < -0.39 is 0 Å². The van der Waals surface area contributed by atoms with Crippen molar-refractivity contribution in [1.82, 2.24) is 0 Å². The zero-order chi connectivity index (χ0) is 13.0. The lowest BCUT2D eigenvalue weighted by atomic mass is 10.0. The van der Waals surface area contributed by atoms with Gasteiger partial charge in [0.15, 0.2) is 5.78 Å². The van der Waals surface area contributed by atoms with Gasteiger partial charge in [0.25, 0.3) is 0 Å². The fourth-order valence-electron chi connectivity index (χ4n) is 1.88. The maximum absolute atomic E-state index is 13.5. The molecular formula is C16H15FO. The number of hydrogen-bond donors (Lipinski definition) is 0. The van der Waals surface area contributed by atoms with Crippen LogP contribution in [0.25, 0.3) is 0 Å². The average molecular weight is 242 g/mol. The molecule has 2 aromatic carbocycles. The number of aryl methyl sites for hydroxylation is 1. The third-order valence-electron chi connectivity index (χ3n) is 2.97. The van der Waals surface area contributed by atoms with Crippen LogP contribution < -0.4 is 0 Å². The van der Waals surface area contributed by atoms with Crippen molar-refractivity contribution >= 4 is 5.78 Å². The second-order valence-corrected chi connectivity index (χ2v) is 4.25. The summed E-state index contributed by atoms with van der Waals surface area (Å²) in [5.41, 5.74) is 2.22. The third kappa shape index (κ3) is 2.83. The second kappa shape index (κ2) is 5.58. The summed E-state index contributed by atoms with van der Waals surface area (Å²) >= 11 is 0. The van der Waals surface area contributed by atoms with Gasteiger partial charge in [0.2, 0.25) is 0 Å². The second-order valence-electron chi connectivity index (χ2n) is 4.25. The van der Waals surface area contributed by atoms with Crippen molar-refractivity contribution in [3.8, 4) is 0 Å². The maximum atomic E-state index is 13.5. The van der Waals surface area contributed by atoms with Crippen molar-refractivity contribution in [3.05, 3.63) is 71.0 Å². The maximum Gasteiger partial charge on any atom is 0.167 e. The van der Waals surface area contributed by atoms with E-state index in [1.165, 1.54) is 6.07 Å². The van der Waals surface area contributed by atoms with E-state index in [4.69, 9.17) is 0 Å². The SMILES string of the molecule is CCc1cccc(C(=O)Cc2ccccc2F)c1. The molecule has 1 nitrogen and oxygen atoms in total. The molecule has 0 heterocycles. The minimum Gasteiger partial charge on any atom is -0.294 e. The number of rotatable bonds is 4. The minimum atomic E-state index is -0.322. The van der Waals surface area contributed by atoms with Crippen LogP contribution in [0.5, 0.6) is 0 Å². The summed E-state index contributed by atoms with van der Waals surface area (Å²) in [6, 6.07) is 13.9. The highest BCUT2D eigenvalue weighted by Gasteiger charge is 2.10. The molecule has 0 saturated heterocycles. The Labute approximate surface area is 106 Å². The molecule has 92 valence electrons. The van der Waals surface area contributed by atoms with Gasteiger partial charge in [-0.1, -0.05) is 43.3 Å². The van der Waals surface area contributed by atoms with Gasteiger partial charge in [0, 0.05) is 12.0 Å². The number of hydrogen-bond acceptors (Lipinski definition) is 1. The number of carbonyl (C=O) groups excluding carboxylic acids is 1. The molecule has 0 radical (unpaired) electrons. The predicted octanol–water partition coefficient (Wildman–Crippen LogP) is 3.81. The lowest BCUT2D eigenvalue weighted by Crippen LogP contribution is -2.05. The van der Waals surface area contributed by atoms with Crippen LogP contribution in [-0.2, 0) is 12.8 Å². The summed E-state index contributed by atoms with van der Waals surface area (Å²) in [5.74, 6) is -0.368. The van der Waals surface area contributed by atoms with Gasteiger partial charge in [-0.25, -0.2) is 4.39 Å². The predicted molar refractivity (Wildman–Crippen MR) is 70.3 cm³/mol. The highest BCUT2D eigenvalue weighted by atomic mass is 19.1. The topological polar surface area (TPSA) is 17.1 Å². The van der Waals surface area contributed by atoms with Gasteiger partial charge >= 0.3 is 0 Å². The number of benzene rings is 2. The Hall–Kier alpha value is -1.96. The van der Waals surface area contributed by atoms with Crippen molar-refractivity contribution in [2.45, 2.75) is 19.8 Å². The smallest absolute Gasteiger partial charge is 0.167 e. The first-order valence-electron chi connectivity index (χ1n) is 6.06. The third-order valence-corrected chi connectivity index (χ3v) is 2.97. The molecule has 2 aromatic rings. The number of halogens is 1.